The monoisotopic (exact) mass is 480 g/mol. The normalized spacial score (nSPS) is 11.4. The molecule has 0 spiro atoms. The Hall–Kier alpha value is -3.42. The van der Waals surface area contributed by atoms with Crippen LogP contribution in [0.3, 0.4) is 0 Å². The van der Waals surface area contributed by atoms with E-state index in [0.717, 1.165) is 5.56 Å². The molecule has 0 bridgehead atoms. The van der Waals surface area contributed by atoms with Gasteiger partial charge < -0.3 is 9.73 Å². The van der Waals surface area contributed by atoms with Gasteiger partial charge in [-0.1, -0.05) is 35.9 Å². The topological polar surface area (TPSA) is 89.3 Å². The number of hydrogen-bond acceptors (Lipinski definition) is 5. The number of sulfone groups is 1. The quantitative estimate of drug-likeness (QED) is 0.374. The molecule has 1 N–H and O–H groups in total. The Morgan fingerprint density at radius 3 is 2.36 bits per heavy atom. The summed E-state index contributed by atoms with van der Waals surface area (Å²) in [5.41, 5.74) is 2.97. The van der Waals surface area contributed by atoms with Crippen LogP contribution in [0.4, 0.5) is 5.69 Å². The highest BCUT2D eigenvalue weighted by Gasteiger charge is 2.21. The lowest BCUT2D eigenvalue weighted by Gasteiger charge is -2.07. The fraction of sp³-hybridized carbons (Fsp3) is 0.120. The highest BCUT2D eigenvalue weighted by Crippen LogP contribution is 2.26. The number of hydrogen-bond donors (Lipinski definition) is 1. The molecular weight excluding hydrogens is 460 g/mol. The first-order valence-electron chi connectivity index (χ1n) is 10.1. The lowest BCUT2D eigenvalue weighted by molar-refractivity contribution is 0.102. The molecule has 6 nitrogen and oxygen atoms in total. The van der Waals surface area contributed by atoms with E-state index in [0.29, 0.717) is 39.2 Å². The van der Waals surface area contributed by atoms with Gasteiger partial charge in [0, 0.05) is 21.8 Å². The van der Waals surface area contributed by atoms with Crippen molar-refractivity contribution in [3.63, 3.8) is 0 Å². The predicted octanol–water partition coefficient (Wildman–Crippen LogP) is 5.84. The molecule has 33 heavy (non-hydrogen) atoms. The summed E-state index contributed by atoms with van der Waals surface area (Å²) in [4.78, 5) is 17.2. The average Bonchev–Trinajstić information content (AvgIpc) is 3.16. The summed E-state index contributed by atoms with van der Waals surface area (Å²) in [6.45, 7) is 3.57. The van der Waals surface area contributed by atoms with E-state index in [4.69, 9.17) is 16.0 Å². The van der Waals surface area contributed by atoms with Crippen molar-refractivity contribution in [2.45, 2.75) is 24.5 Å². The molecule has 0 atom stereocenters. The molecule has 0 aliphatic rings. The van der Waals surface area contributed by atoms with E-state index in [2.05, 4.69) is 10.3 Å². The van der Waals surface area contributed by atoms with Crippen molar-refractivity contribution in [2.24, 2.45) is 0 Å². The van der Waals surface area contributed by atoms with E-state index in [1.54, 1.807) is 73.7 Å². The second kappa shape index (κ2) is 9.21. The molecule has 0 aliphatic heterocycles. The van der Waals surface area contributed by atoms with Crippen LogP contribution in [-0.4, -0.2) is 19.3 Å². The Bertz CT molecular complexity index is 1410. The summed E-state index contributed by atoms with van der Waals surface area (Å²) in [5, 5.41) is 3.39. The van der Waals surface area contributed by atoms with Gasteiger partial charge in [-0.05, 0) is 67.9 Å². The maximum absolute atomic E-state index is 12.7. The Morgan fingerprint density at radius 2 is 1.70 bits per heavy atom. The lowest BCUT2D eigenvalue weighted by atomic mass is 10.1. The van der Waals surface area contributed by atoms with Gasteiger partial charge >= 0.3 is 0 Å². The molecule has 0 radical (unpaired) electrons. The molecule has 1 amide bonds. The highest BCUT2D eigenvalue weighted by atomic mass is 35.5. The molecule has 3 aromatic carbocycles. The van der Waals surface area contributed by atoms with Crippen LogP contribution in [0.1, 0.15) is 27.4 Å². The van der Waals surface area contributed by atoms with Crippen molar-refractivity contribution >= 4 is 33.0 Å². The van der Waals surface area contributed by atoms with Crippen molar-refractivity contribution in [2.75, 3.05) is 5.32 Å². The zero-order valence-corrected chi connectivity index (χ0v) is 19.6. The number of carbonyl (C=O) groups excluding carboxylic acids is 1. The number of anilines is 1. The lowest BCUT2D eigenvalue weighted by Crippen LogP contribution is -2.11. The largest absolute Gasteiger partial charge is 0.441 e. The van der Waals surface area contributed by atoms with Gasteiger partial charge in [-0.2, -0.15) is 0 Å². The zero-order chi connectivity index (χ0) is 23.6. The summed E-state index contributed by atoms with van der Waals surface area (Å²) in [7, 11) is -3.54. The number of rotatable bonds is 6. The molecule has 0 unspecified atom stereocenters. The maximum Gasteiger partial charge on any atom is 0.255 e. The van der Waals surface area contributed by atoms with Crippen molar-refractivity contribution in [3.05, 3.63) is 100 Å². The van der Waals surface area contributed by atoms with Gasteiger partial charge in [-0.15, -0.1) is 0 Å². The van der Waals surface area contributed by atoms with E-state index in [-0.39, 0.29) is 16.6 Å². The number of amides is 1. The van der Waals surface area contributed by atoms with Gasteiger partial charge in [-0.25, -0.2) is 13.4 Å². The van der Waals surface area contributed by atoms with Gasteiger partial charge in [-0.3, -0.25) is 4.79 Å². The van der Waals surface area contributed by atoms with Crippen molar-refractivity contribution in [1.29, 1.82) is 0 Å². The van der Waals surface area contributed by atoms with Gasteiger partial charge in [0.2, 0.25) is 5.89 Å². The van der Waals surface area contributed by atoms with Crippen LogP contribution >= 0.6 is 11.6 Å². The minimum atomic E-state index is -3.54. The van der Waals surface area contributed by atoms with Crippen LogP contribution in [0, 0.1) is 13.8 Å². The standard InChI is InChI=1S/C25H21ClN2O4S/c1-16-8-13-20(14-22(16)26)27-24(29)18-9-11-19(12-10-18)25-28-23(17(2)32-25)15-33(30,31)21-6-4-3-5-7-21/h3-14H,15H2,1-2H3,(H,27,29). The van der Waals surface area contributed by atoms with Crippen LogP contribution in [0.15, 0.2) is 82.1 Å². The van der Waals surface area contributed by atoms with Gasteiger partial charge in [0.15, 0.2) is 9.84 Å². The second-order valence-corrected chi connectivity index (χ2v) is 9.99. The smallest absolute Gasteiger partial charge is 0.255 e. The molecule has 1 aromatic heterocycles. The Balaban J connectivity index is 1.50. The Morgan fingerprint density at radius 1 is 1.00 bits per heavy atom. The summed E-state index contributed by atoms with van der Waals surface area (Å²) in [6, 6.07) is 20.3. The van der Waals surface area contributed by atoms with Crippen LogP contribution in [-0.2, 0) is 15.6 Å². The van der Waals surface area contributed by atoms with Crippen LogP contribution in [0.25, 0.3) is 11.5 Å². The SMILES string of the molecule is Cc1ccc(NC(=O)c2ccc(-c3nc(CS(=O)(=O)c4ccccc4)c(C)o3)cc2)cc1Cl. The number of benzene rings is 3. The summed E-state index contributed by atoms with van der Waals surface area (Å²) in [5.74, 6) is 0.191. The van der Waals surface area contributed by atoms with E-state index in [1.807, 2.05) is 13.0 Å². The zero-order valence-electron chi connectivity index (χ0n) is 18.0. The third kappa shape index (κ3) is 5.16. The Labute approximate surface area is 197 Å². The van der Waals surface area contributed by atoms with Gasteiger partial charge in [0.25, 0.3) is 5.91 Å². The third-order valence-electron chi connectivity index (χ3n) is 5.15. The number of oxazole rings is 1. The molecule has 8 heteroatoms. The van der Waals surface area contributed by atoms with E-state index in [1.165, 1.54) is 0 Å². The van der Waals surface area contributed by atoms with E-state index < -0.39 is 9.84 Å². The molecule has 0 aliphatic carbocycles. The summed E-state index contributed by atoms with van der Waals surface area (Å²) in [6.07, 6.45) is 0. The second-order valence-electron chi connectivity index (χ2n) is 7.59. The first-order valence-corrected chi connectivity index (χ1v) is 12.2. The number of aromatic nitrogens is 1. The third-order valence-corrected chi connectivity index (χ3v) is 7.20. The van der Waals surface area contributed by atoms with Crippen LogP contribution in [0.5, 0.6) is 0 Å². The van der Waals surface area contributed by atoms with Crippen molar-refractivity contribution in [3.8, 4) is 11.5 Å². The number of nitrogens with one attached hydrogen (secondary N) is 1. The molecular formula is C25H21ClN2O4S. The molecule has 1 heterocycles. The van der Waals surface area contributed by atoms with Gasteiger partial charge in [0.05, 0.1) is 10.6 Å². The number of carbonyl (C=O) groups is 1. The van der Waals surface area contributed by atoms with E-state index >= 15 is 0 Å². The maximum atomic E-state index is 12.7. The molecule has 4 rings (SSSR count). The molecule has 0 saturated carbocycles. The molecule has 168 valence electrons. The minimum absolute atomic E-state index is 0.235. The number of halogens is 1. The van der Waals surface area contributed by atoms with Crippen LogP contribution < -0.4 is 5.32 Å². The highest BCUT2D eigenvalue weighted by molar-refractivity contribution is 7.90. The summed E-state index contributed by atoms with van der Waals surface area (Å²) >= 11 is 6.12. The Kier molecular flexibility index (Phi) is 6.35. The first kappa shape index (κ1) is 22.8. The number of nitrogens with zero attached hydrogens (tertiary/aromatic N) is 1. The molecule has 0 saturated heterocycles. The van der Waals surface area contributed by atoms with Crippen LogP contribution in [0.2, 0.25) is 5.02 Å². The van der Waals surface area contributed by atoms with E-state index in [9.17, 15) is 13.2 Å². The minimum Gasteiger partial charge on any atom is -0.441 e. The fourth-order valence-electron chi connectivity index (χ4n) is 3.21. The fourth-order valence-corrected chi connectivity index (χ4v) is 4.76. The molecule has 0 fully saturated rings. The van der Waals surface area contributed by atoms with Crippen molar-refractivity contribution in [1.82, 2.24) is 4.98 Å². The van der Waals surface area contributed by atoms with Crippen molar-refractivity contribution < 1.29 is 17.6 Å². The predicted molar refractivity (Wildman–Crippen MR) is 128 cm³/mol. The summed E-state index contributed by atoms with van der Waals surface area (Å²) < 4.78 is 31.1. The molecule has 4 aromatic rings. The van der Waals surface area contributed by atoms with Gasteiger partial charge in [0.1, 0.15) is 11.5 Å². The number of aryl methyl sites for hydroxylation is 2. The first-order chi connectivity index (χ1) is 15.7. The average molecular weight is 481 g/mol.